The van der Waals surface area contributed by atoms with Crippen molar-refractivity contribution in [2.75, 3.05) is 0 Å². The second-order valence-electron chi connectivity index (χ2n) is 4.50. The normalized spacial score (nSPS) is 10.8. The van der Waals surface area contributed by atoms with E-state index < -0.39 is 0 Å². The van der Waals surface area contributed by atoms with Crippen LogP contribution in [0.3, 0.4) is 0 Å². The average Bonchev–Trinajstić information content (AvgIpc) is 2.51. The predicted molar refractivity (Wildman–Crippen MR) is 66.7 cm³/mol. The van der Waals surface area contributed by atoms with Crippen molar-refractivity contribution in [2.45, 2.75) is 34.2 Å². The highest BCUT2D eigenvalue weighted by Crippen LogP contribution is 2.12. The summed E-state index contributed by atoms with van der Waals surface area (Å²) < 4.78 is 2.05. The van der Waals surface area contributed by atoms with E-state index in [9.17, 15) is 0 Å². The van der Waals surface area contributed by atoms with E-state index in [0.717, 1.165) is 12.2 Å². The molecule has 0 fully saturated rings. The summed E-state index contributed by atoms with van der Waals surface area (Å²) in [5, 5.41) is 4.47. The number of benzene rings is 1. The Morgan fingerprint density at radius 1 is 1.00 bits per heavy atom. The molecule has 2 aromatic rings. The topological polar surface area (TPSA) is 17.8 Å². The second-order valence-corrected chi connectivity index (χ2v) is 4.50. The summed E-state index contributed by atoms with van der Waals surface area (Å²) in [4.78, 5) is 0. The first-order valence-corrected chi connectivity index (χ1v) is 5.63. The Bertz CT molecular complexity index is 509. The highest BCUT2D eigenvalue weighted by molar-refractivity contribution is 5.30. The molecule has 0 N–H and O–H groups in total. The minimum atomic E-state index is 0.862. The van der Waals surface area contributed by atoms with Crippen LogP contribution in [0.15, 0.2) is 24.3 Å². The van der Waals surface area contributed by atoms with Crippen LogP contribution in [0.1, 0.15) is 28.1 Å². The highest BCUT2D eigenvalue weighted by atomic mass is 15.3. The third-order valence-corrected chi connectivity index (χ3v) is 3.01. The third-order valence-electron chi connectivity index (χ3n) is 3.01. The number of rotatable bonds is 2. The van der Waals surface area contributed by atoms with Crippen LogP contribution in [-0.4, -0.2) is 9.78 Å². The van der Waals surface area contributed by atoms with E-state index in [2.05, 4.69) is 54.8 Å². The standard InChI is InChI=1S/C14H18N2/c1-10-5-6-14(7-11(10)2)9-16-13(4)8-12(3)15-16/h5-8H,9H2,1-4H3. The van der Waals surface area contributed by atoms with Crippen LogP contribution in [-0.2, 0) is 6.54 Å². The molecule has 2 rings (SSSR count). The van der Waals surface area contributed by atoms with Gasteiger partial charge in [-0.15, -0.1) is 0 Å². The number of hydrogen-bond acceptors (Lipinski definition) is 1. The summed E-state index contributed by atoms with van der Waals surface area (Å²) in [6, 6.07) is 8.71. The Morgan fingerprint density at radius 3 is 2.31 bits per heavy atom. The number of aromatic nitrogens is 2. The highest BCUT2D eigenvalue weighted by Gasteiger charge is 2.02. The molecule has 84 valence electrons. The van der Waals surface area contributed by atoms with Gasteiger partial charge >= 0.3 is 0 Å². The fourth-order valence-electron chi connectivity index (χ4n) is 1.91. The fraction of sp³-hybridized carbons (Fsp3) is 0.357. The van der Waals surface area contributed by atoms with Crippen LogP contribution in [0.4, 0.5) is 0 Å². The van der Waals surface area contributed by atoms with Gasteiger partial charge in [0, 0.05) is 5.69 Å². The lowest BCUT2D eigenvalue weighted by molar-refractivity contribution is 0.658. The van der Waals surface area contributed by atoms with Crippen molar-refractivity contribution >= 4 is 0 Å². The monoisotopic (exact) mass is 214 g/mol. The van der Waals surface area contributed by atoms with Gasteiger partial charge in [-0.05, 0) is 50.5 Å². The van der Waals surface area contributed by atoms with Gasteiger partial charge in [0.15, 0.2) is 0 Å². The molecule has 1 aromatic heterocycles. The molecule has 0 amide bonds. The van der Waals surface area contributed by atoms with Gasteiger partial charge in [-0.1, -0.05) is 18.2 Å². The summed E-state index contributed by atoms with van der Waals surface area (Å²) in [6.07, 6.45) is 0. The first-order chi connectivity index (χ1) is 7.56. The number of hydrogen-bond donors (Lipinski definition) is 0. The maximum atomic E-state index is 4.47. The van der Waals surface area contributed by atoms with Gasteiger partial charge in [-0.2, -0.15) is 5.10 Å². The molecule has 0 bridgehead atoms. The molecular weight excluding hydrogens is 196 g/mol. The zero-order valence-corrected chi connectivity index (χ0v) is 10.4. The summed E-state index contributed by atoms with van der Waals surface area (Å²) in [7, 11) is 0. The summed E-state index contributed by atoms with van der Waals surface area (Å²) in [5.41, 5.74) is 6.31. The molecule has 0 saturated heterocycles. The zero-order chi connectivity index (χ0) is 11.7. The molecule has 0 spiro atoms. The van der Waals surface area contributed by atoms with E-state index in [1.165, 1.54) is 22.4 Å². The van der Waals surface area contributed by atoms with Crippen molar-refractivity contribution in [1.29, 1.82) is 0 Å². The van der Waals surface area contributed by atoms with Crippen LogP contribution >= 0.6 is 0 Å². The maximum absolute atomic E-state index is 4.47. The first-order valence-electron chi connectivity index (χ1n) is 5.63. The second kappa shape index (κ2) is 4.12. The summed E-state index contributed by atoms with van der Waals surface area (Å²) >= 11 is 0. The van der Waals surface area contributed by atoms with Crippen LogP contribution in [0.5, 0.6) is 0 Å². The zero-order valence-electron chi connectivity index (χ0n) is 10.4. The van der Waals surface area contributed by atoms with Gasteiger partial charge < -0.3 is 0 Å². The molecule has 0 unspecified atom stereocenters. The van der Waals surface area contributed by atoms with Gasteiger partial charge in [0.25, 0.3) is 0 Å². The van der Waals surface area contributed by atoms with Gasteiger partial charge in [-0.25, -0.2) is 0 Å². The van der Waals surface area contributed by atoms with Crippen LogP contribution in [0, 0.1) is 27.7 Å². The molecule has 2 heteroatoms. The van der Waals surface area contributed by atoms with Crippen molar-refractivity contribution in [3.63, 3.8) is 0 Å². The molecule has 0 aliphatic carbocycles. The van der Waals surface area contributed by atoms with Crippen molar-refractivity contribution in [3.8, 4) is 0 Å². The fourth-order valence-corrected chi connectivity index (χ4v) is 1.91. The average molecular weight is 214 g/mol. The Morgan fingerprint density at radius 2 is 1.75 bits per heavy atom. The van der Waals surface area contributed by atoms with E-state index in [-0.39, 0.29) is 0 Å². The number of aryl methyl sites for hydroxylation is 4. The van der Waals surface area contributed by atoms with Gasteiger partial charge in [0.05, 0.1) is 12.2 Å². The molecule has 2 nitrogen and oxygen atoms in total. The molecule has 0 atom stereocenters. The minimum absolute atomic E-state index is 0.862. The lowest BCUT2D eigenvalue weighted by Crippen LogP contribution is -2.04. The van der Waals surface area contributed by atoms with E-state index in [0.29, 0.717) is 0 Å². The van der Waals surface area contributed by atoms with E-state index in [1.807, 2.05) is 6.92 Å². The van der Waals surface area contributed by atoms with E-state index >= 15 is 0 Å². The number of nitrogens with zero attached hydrogens (tertiary/aromatic N) is 2. The van der Waals surface area contributed by atoms with Crippen molar-refractivity contribution in [1.82, 2.24) is 9.78 Å². The van der Waals surface area contributed by atoms with Crippen molar-refractivity contribution in [2.24, 2.45) is 0 Å². The molecule has 1 aromatic carbocycles. The molecular formula is C14H18N2. The Balaban J connectivity index is 2.27. The molecule has 0 saturated carbocycles. The van der Waals surface area contributed by atoms with Crippen molar-refractivity contribution in [3.05, 3.63) is 52.3 Å². The minimum Gasteiger partial charge on any atom is -0.265 e. The maximum Gasteiger partial charge on any atom is 0.0662 e. The largest absolute Gasteiger partial charge is 0.265 e. The van der Waals surface area contributed by atoms with Crippen molar-refractivity contribution < 1.29 is 0 Å². The van der Waals surface area contributed by atoms with Gasteiger partial charge in [0.1, 0.15) is 0 Å². The summed E-state index contributed by atoms with van der Waals surface area (Å²) in [5.74, 6) is 0. The first kappa shape index (κ1) is 10.9. The molecule has 1 heterocycles. The van der Waals surface area contributed by atoms with Crippen LogP contribution < -0.4 is 0 Å². The Labute approximate surface area is 96.9 Å². The van der Waals surface area contributed by atoms with Crippen LogP contribution in [0.2, 0.25) is 0 Å². The summed E-state index contributed by atoms with van der Waals surface area (Å²) in [6.45, 7) is 9.29. The lowest BCUT2D eigenvalue weighted by atomic mass is 10.1. The Hall–Kier alpha value is -1.57. The third kappa shape index (κ3) is 2.16. The van der Waals surface area contributed by atoms with Crippen LogP contribution in [0.25, 0.3) is 0 Å². The van der Waals surface area contributed by atoms with Gasteiger partial charge in [0.2, 0.25) is 0 Å². The van der Waals surface area contributed by atoms with E-state index in [1.54, 1.807) is 0 Å². The molecule has 0 radical (unpaired) electrons. The molecule has 16 heavy (non-hydrogen) atoms. The lowest BCUT2D eigenvalue weighted by Gasteiger charge is -2.07. The predicted octanol–water partition coefficient (Wildman–Crippen LogP) is 3.17. The van der Waals surface area contributed by atoms with Gasteiger partial charge in [-0.3, -0.25) is 4.68 Å². The smallest absolute Gasteiger partial charge is 0.0662 e. The molecule has 0 aliphatic heterocycles. The van der Waals surface area contributed by atoms with E-state index in [4.69, 9.17) is 0 Å². The quantitative estimate of drug-likeness (QED) is 0.751. The SMILES string of the molecule is Cc1cc(C)n(Cc2ccc(C)c(C)c2)n1. The molecule has 0 aliphatic rings. The Kier molecular flexibility index (Phi) is 2.82.